The third-order valence-corrected chi connectivity index (χ3v) is 3.45. The fourth-order valence-corrected chi connectivity index (χ4v) is 2.36. The van der Waals surface area contributed by atoms with Crippen LogP contribution in [0.2, 0.25) is 0 Å². The molecule has 1 aliphatic rings. The number of para-hydroxylation sites is 1. The monoisotopic (exact) mass is 345 g/mol. The van der Waals surface area contributed by atoms with Gasteiger partial charge in [-0.05, 0) is 26.0 Å². The molecule has 0 saturated heterocycles. The Labute approximate surface area is 147 Å². The van der Waals surface area contributed by atoms with Gasteiger partial charge in [0, 0.05) is 31.2 Å². The molecule has 7 nitrogen and oxygen atoms in total. The minimum Gasteiger partial charge on any atom is -0.465 e. The van der Waals surface area contributed by atoms with Crippen molar-refractivity contribution in [2.75, 3.05) is 31.1 Å². The lowest BCUT2D eigenvalue weighted by Gasteiger charge is -2.31. The van der Waals surface area contributed by atoms with Crippen LogP contribution in [-0.4, -0.2) is 43.9 Å². The fraction of sp³-hybridized carbons (Fsp3) is 0.389. The highest BCUT2D eigenvalue weighted by Crippen LogP contribution is 2.30. The molecule has 0 spiro atoms. The molecule has 25 heavy (non-hydrogen) atoms. The molecule has 0 radical (unpaired) electrons. The second-order valence-electron chi connectivity index (χ2n) is 5.01. The topological polar surface area (TPSA) is 102 Å². The molecule has 134 valence electrons. The first-order valence-corrected chi connectivity index (χ1v) is 8.03. The quantitative estimate of drug-likeness (QED) is 0.266. The normalized spacial score (nSPS) is 15.4. The zero-order valence-corrected chi connectivity index (χ0v) is 14.5. The smallest absolute Gasteiger partial charge is 0.326 e. The highest BCUT2D eigenvalue weighted by atomic mass is 16.5. The summed E-state index contributed by atoms with van der Waals surface area (Å²) in [6.45, 7) is 5.29. The summed E-state index contributed by atoms with van der Waals surface area (Å²) < 4.78 is 4.82. The van der Waals surface area contributed by atoms with Crippen molar-refractivity contribution in [1.82, 2.24) is 5.32 Å². The summed E-state index contributed by atoms with van der Waals surface area (Å²) in [5.74, 6) is -3.13. The van der Waals surface area contributed by atoms with Crippen molar-refractivity contribution in [1.29, 1.82) is 0 Å². The number of rotatable bonds is 5. The summed E-state index contributed by atoms with van der Waals surface area (Å²) in [5.41, 5.74) is 6.00. The minimum absolute atomic E-state index is 0.143. The van der Waals surface area contributed by atoms with Crippen LogP contribution < -0.4 is 16.0 Å². The number of anilines is 1. The molecule has 1 atom stereocenters. The first kappa shape index (κ1) is 20.2. The second kappa shape index (κ2) is 10.1. The van der Waals surface area contributed by atoms with Gasteiger partial charge in [-0.3, -0.25) is 14.4 Å². The molecule has 0 fully saturated rings. The molecule has 1 amide bonds. The number of ketones is 1. The van der Waals surface area contributed by atoms with Gasteiger partial charge in [0.2, 0.25) is 5.91 Å². The maximum atomic E-state index is 12.3. The molecule has 0 aromatic heterocycles. The molecule has 1 heterocycles. The third kappa shape index (κ3) is 4.81. The Morgan fingerprint density at radius 1 is 1.36 bits per heavy atom. The lowest BCUT2D eigenvalue weighted by Crippen LogP contribution is -2.48. The van der Waals surface area contributed by atoms with Crippen LogP contribution in [-0.2, 0) is 14.3 Å². The van der Waals surface area contributed by atoms with Gasteiger partial charge >= 0.3 is 5.97 Å². The van der Waals surface area contributed by atoms with Gasteiger partial charge in [0.05, 0.1) is 12.3 Å². The number of nitrogens with zero attached hydrogens (tertiary/aromatic N) is 1. The van der Waals surface area contributed by atoms with Crippen molar-refractivity contribution in [2.24, 2.45) is 11.7 Å². The molecular weight excluding hydrogens is 322 g/mol. The van der Waals surface area contributed by atoms with E-state index in [1.807, 2.05) is 0 Å². The molecular formula is C18H23N3O4. The summed E-state index contributed by atoms with van der Waals surface area (Å²) in [4.78, 5) is 37.7. The Morgan fingerprint density at radius 2 is 2.04 bits per heavy atom. The van der Waals surface area contributed by atoms with Crippen molar-refractivity contribution in [3.8, 4) is 12.5 Å². The zero-order valence-electron chi connectivity index (χ0n) is 14.5. The molecule has 0 bridgehead atoms. The Bertz CT molecular complexity index is 667. The molecule has 2 rings (SSSR count). The highest BCUT2D eigenvalue weighted by Gasteiger charge is 2.44. The zero-order chi connectivity index (χ0) is 18.8. The molecule has 0 saturated carbocycles. The van der Waals surface area contributed by atoms with Crippen LogP contribution in [0.4, 0.5) is 5.69 Å². The van der Waals surface area contributed by atoms with Crippen LogP contribution in [0.1, 0.15) is 24.2 Å². The number of benzene rings is 1. The van der Waals surface area contributed by atoms with Crippen LogP contribution in [0.3, 0.4) is 0 Å². The van der Waals surface area contributed by atoms with Crippen molar-refractivity contribution in [2.45, 2.75) is 13.8 Å². The van der Waals surface area contributed by atoms with Gasteiger partial charge in [0.15, 0.2) is 11.7 Å². The van der Waals surface area contributed by atoms with E-state index in [1.165, 1.54) is 4.90 Å². The molecule has 1 unspecified atom stereocenters. The van der Waals surface area contributed by atoms with Gasteiger partial charge in [0.1, 0.15) is 0 Å². The number of hydrogen-bond acceptors (Lipinski definition) is 6. The molecule has 0 aliphatic carbocycles. The van der Waals surface area contributed by atoms with Gasteiger partial charge in [-0.25, -0.2) is 0 Å². The number of Topliss-reactive ketones (excluding diaryl/α,β-unsaturated/α-hetero) is 1. The van der Waals surface area contributed by atoms with Crippen LogP contribution in [0, 0.1) is 18.4 Å². The molecule has 1 aromatic rings. The van der Waals surface area contributed by atoms with Gasteiger partial charge < -0.3 is 20.7 Å². The first-order valence-electron chi connectivity index (χ1n) is 8.03. The highest BCUT2D eigenvalue weighted by molar-refractivity contribution is 6.30. The third-order valence-electron chi connectivity index (χ3n) is 3.45. The average Bonchev–Trinajstić information content (AvgIpc) is 2.61. The van der Waals surface area contributed by atoms with E-state index in [0.717, 1.165) is 0 Å². The Hall–Kier alpha value is -2.85. The maximum Gasteiger partial charge on any atom is 0.326 e. The largest absolute Gasteiger partial charge is 0.465 e. The SMILES string of the molecule is C#CNCCN.CCOC(=O)C1C(=O)c2ccccc2N(CC)C1=O. The van der Waals surface area contributed by atoms with Gasteiger partial charge in [-0.1, -0.05) is 18.6 Å². The molecule has 1 aromatic carbocycles. The summed E-state index contributed by atoms with van der Waals surface area (Å²) in [7, 11) is 0. The predicted octanol–water partition coefficient (Wildman–Crippen LogP) is 0.540. The number of carbonyl (C=O) groups excluding carboxylic acids is 3. The van der Waals surface area contributed by atoms with Gasteiger partial charge in [-0.2, -0.15) is 0 Å². The van der Waals surface area contributed by atoms with E-state index < -0.39 is 23.6 Å². The Kier molecular flexibility index (Phi) is 8.16. The number of carbonyl (C=O) groups is 3. The number of nitrogens with one attached hydrogen (secondary N) is 1. The van der Waals surface area contributed by atoms with Gasteiger partial charge in [-0.15, -0.1) is 0 Å². The molecule has 3 N–H and O–H groups in total. The van der Waals surface area contributed by atoms with E-state index >= 15 is 0 Å². The lowest BCUT2D eigenvalue weighted by molar-refractivity contribution is -0.149. The summed E-state index contributed by atoms with van der Waals surface area (Å²) >= 11 is 0. The summed E-state index contributed by atoms with van der Waals surface area (Å²) in [6, 6.07) is 9.03. The van der Waals surface area contributed by atoms with E-state index in [4.69, 9.17) is 16.9 Å². The number of ether oxygens (including phenoxy) is 1. The Balaban J connectivity index is 0.000000450. The fourth-order valence-electron chi connectivity index (χ4n) is 2.36. The van der Waals surface area contributed by atoms with Crippen LogP contribution in [0.5, 0.6) is 0 Å². The van der Waals surface area contributed by atoms with Crippen molar-refractivity contribution in [3.05, 3.63) is 29.8 Å². The Morgan fingerprint density at radius 3 is 2.56 bits per heavy atom. The van der Waals surface area contributed by atoms with E-state index in [9.17, 15) is 14.4 Å². The van der Waals surface area contributed by atoms with Gasteiger partial charge in [0.25, 0.3) is 0 Å². The number of nitrogens with two attached hydrogens (primary N) is 1. The number of esters is 1. The van der Waals surface area contributed by atoms with E-state index in [-0.39, 0.29) is 6.61 Å². The number of amides is 1. The number of hydrogen-bond donors (Lipinski definition) is 2. The number of fused-ring (bicyclic) bond motifs is 1. The van der Waals surface area contributed by atoms with Crippen molar-refractivity contribution < 1.29 is 19.1 Å². The second-order valence-corrected chi connectivity index (χ2v) is 5.01. The lowest BCUT2D eigenvalue weighted by atomic mass is 9.90. The van der Waals surface area contributed by atoms with Crippen LogP contribution >= 0.6 is 0 Å². The van der Waals surface area contributed by atoms with Crippen LogP contribution in [0.25, 0.3) is 0 Å². The van der Waals surface area contributed by atoms with E-state index in [0.29, 0.717) is 30.9 Å². The maximum absolute atomic E-state index is 12.3. The van der Waals surface area contributed by atoms with E-state index in [2.05, 4.69) is 11.4 Å². The number of terminal acetylenes is 1. The minimum atomic E-state index is -1.37. The van der Waals surface area contributed by atoms with E-state index in [1.54, 1.807) is 38.1 Å². The van der Waals surface area contributed by atoms with Crippen molar-refractivity contribution in [3.63, 3.8) is 0 Å². The predicted molar refractivity (Wildman–Crippen MR) is 94.8 cm³/mol. The molecule has 1 aliphatic heterocycles. The van der Waals surface area contributed by atoms with Crippen LogP contribution in [0.15, 0.2) is 24.3 Å². The molecule has 7 heteroatoms. The average molecular weight is 345 g/mol. The standard InChI is InChI=1S/C14H15NO4.C4H8N2/c1-3-15-10-8-6-5-7-9(10)12(16)11(13(15)17)14(18)19-4-2;1-2-6-4-3-5/h5-8,11H,3-4H2,1-2H3;1,6H,3-5H2. The summed E-state index contributed by atoms with van der Waals surface area (Å²) in [6.07, 6.45) is 4.80. The summed E-state index contributed by atoms with van der Waals surface area (Å²) in [5, 5.41) is 2.60. The van der Waals surface area contributed by atoms with Crippen molar-refractivity contribution >= 4 is 23.3 Å². The first-order chi connectivity index (χ1) is 12.0.